The second-order valence-electron chi connectivity index (χ2n) is 3.81. The van der Waals surface area contributed by atoms with Crippen LogP contribution in [0.5, 0.6) is 0 Å². The van der Waals surface area contributed by atoms with E-state index in [1.165, 1.54) is 18.3 Å². The standard InChI is InChI=1S/C13H13NO3S2/c1-3-17-12(16)11(8(2)15)19-13-14-9-6-4-5-7-10(9)18-13/h4-7,11H,3H2,1-2H3. The lowest BCUT2D eigenvalue weighted by molar-refractivity contribution is -0.144. The van der Waals surface area contributed by atoms with E-state index in [4.69, 9.17) is 4.74 Å². The van der Waals surface area contributed by atoms with E-state index < -0.39 is 11.2 Å². The predicted molar refractivity (Wildman–Crippen MR) is 76.6 cm³/mol. The zero-order valence-electron chi connectivity index (χ0n) is 10.6. The highest BCUT2D eigenvalue weighted by atomic mass is 32.2. The Kier molecular flexibility index (Phi) is 4.55. The summed E-state index contributed by atoms with van der Waals surface area (Å²) in [7, 11) is 0. The lowest BCUT2D eigenvalue weighted by Crippen LogP contribution is -2.27. The van der Waals surface area contributed by atoms with Crippen molar-refractivity contribution in [3.05, 3.63) is 24.3 Å². The van der Waals surface area contributed by atoms with Crippen molar-refractivity contribution in [2.75, 3.05) is 6.61 Å². The first-order valence-electron chi connectivity index (χ1n) is 5.81. The molecule has 0 amide bonds. The molecule has 0 aliphatic heterocycles. The van der Waals surface area contributed by atoms with E-state index in [-0.39, 0.29) is 12.4 Å². The molecule has 0 N–H and O–H groups in total. The molecule has 0 bridgehead atoms. The zero-order chi connectivity index (χ0) is 13.8. The fourth-order valence-corrected chi connectivity index (χ4v) is 3.65. The van der Waals surface area contributed by atoms with Crippen LogP contribution in [0.4, 0.5) is 0 Å². The third-order valence-corrected chi connectivity index (χ3v) is 4.79. The van der Waals surface area contributed by atoms with Crippen molar-refractivity contribution in [2.45, 2.75) is 23.4 Å². The molecule has 0 radical (unpaired) electrons. The van der Waals surface area contributed by atoms with Crippen molar-refractivity contribution in [1.29, 1.82) is 0 Å². The molecule has 100 valence electrons. The third kappa shape index (κ3) is 3.33. The molecular weight excluding hydrogens is 282 g/mol. The summed E-state index contributed by atoms with van der Waals surface area (Å²) in [5.41, 5.74) is 0.876. The first-order valence-corrected chi connectivity index (χ1v) is 7.50. The molecule has 0 saturated heterocycles. The van der Waals surface area contributed by atoms with Gasteiger partial charge < -0.3 is 4.74 Å². The SMILES string of the molecule is CCOC(=O)C(Sc1nc2ccccc2s1)C(C)=O. The van der Waals surface area contributed by atoms with Gasteiger partial charge in [0.1, 0.15) is 0 Å². The molecule has 1 aromatic heterocycles. The number of ketones is 1. The van der Waals surface area contributed by atoms with Gasteiger partial charge in [0.15, 0.2) is 15.4 Å². The van der Waals surface area contributed by atoms with Gasteiger partial charge in [0.2, 0.25) is 0 Å². The molecule has 1 aromatic carbocycles. The number of aromatic nitrogens is 1. The quantitative estimate of drug-likeness (QED) is 0.482. The molecule has 1 heterocycles. The van der Waals surface area contributed by atoms with Crippen LogP contribution in [0.3, 0.4) is 0 Å². The number of carbonyl (C=O) groups is 2. The van der Waals surface area contributed by atoms with Crippen LogP contribution in [-0.4, -0.2) is 28.6 Å². The number of hydrogen-bond donors (Lipinski definition) is 0. The molecule has 1 atom stereocenters. The topological polar surface area (TPSA) is 56.3 Å². The van der Waals surface area contributed by atoms with E-state index in [1.807, 2.05) is 24.3 Å². The lowest BCUT2D eigenvalue weighted by Gasteiger charge is -2.09. The Bertz CT molecular complexity index is 576. The van der Waals surface area contributed by atoms with Gasteiger partial charge in [0.25, 0.3) is 0 Å². The summed E-state index contributed by atoms with van der Waals surface area (Å²) < 4.78 is 6.65. The molecule has 0 aliphatic carbocycles. The number of para-hydroxylation sites is 1. The van der Waals surface area contributed by atoms with Crippen molar-refractivity contribution in [3.63, 3.8) is 0 Å². The predicted octanol–water partition coefficient (Wildman–Crippen LogP) is 2.91. The monoisotopic (exact) mass is 295 g/mol. The van der Waals surface area contributed by atoms with E-state index in [0.717, 1.165) is 22.0 Å². The van der Waals surface area contributed by atoms with Crippen LogP contribution in [0.2, 0.25) is 0 Å². The average molecular weight is 295 g/mol. The Hall–Kier alpha value is -1.40. The molecule has 0 aliphatic rings. The van der Waals surface area contributed by atoms with Gasteiger partial charge in [-0.25, -0.2) is 4.98 Å². The van der Waals surface area contributed by atoms with Crippen molar-refractivity contribution < 1.29 is 14.3 Å². The Morgan fingerprint density at radius 1 is 1.42 bits per heavy atom. The van der Waals surface area contributed by atoms with E-state index in [0.29, 0.717) is 4.34 Å². The van der Waals surface area contributed by atoms with Gasteiger partial charge in [0, 0.05) is 0 Å². The van der Waals surface area contributed by atoms with Gasteiger partial charge in [-0.3, -0.25) is 9.59 Å². The molecular formula is C13H13NO3S2. The highest BCUT2D eigenvalue weighted by Crippen LogP contribution is 2.32. The molecule has 19 heavy (non-hydrogen) atoms. The number of Topliss-reactive ketones (excluding diaryl/α,β-unsaturated/α-hetero) is 1. The molecule has 6 heteroatoms. The summed E-state index contributed by atoms with van der Waals surface area (Å²) in [5, 5.41) is -0.833. The van der Waals surface area contributed by atoms with Crippen LogP contribution in [0.15, 0.2) is 28.6 Å². The highest BCUT2D eigenvalue weighted by Gasteiger charge is 2.27. The van der Waals surface area contributed by atoms with Gasteiger partial charge in [-0.1, -0.05) is 23.9 Å². The van der Waals surface area contributed by atoms with E-state index in [2.05, 4.69) is 4.98 Å². The van der Waals surface area contributed by atoms with E-state index in [1.54, 1.807) is 6.92 Å². The number of nitrogens with zero attached hydrogens (tertiary/aromatic N) is 1. The summed E-state index contributed by atoms with van der Waals surface area (Å²) in [6.07, 6.45) is 0. The average Bonchev–Trinajstić information content (AvgIpc) is 2.78. The maximum atomic E-state index is 11.7. The number of ether oxygens (including phenoxy) is 1. The minimum atomic E-state index is -0.833. The smallest absolute Gasteiger partial charge is 0.327 e. The largest absolute Gasteiger partial charge is 0.465 e. The van der Waals surface area contributed by atoms with Crippen molar-refractivity contribution in [3.8, 4) is 0 Å². The van der Waals surface area contributed by atoms with Crippen molar-refractivity contribution in [1.82, 2.24) is 4.98 Å². The van der Waals surface area contributed by atoms with Crippen LogP contribution in [0.25, 0.3) is 10.2 Å². The molecule has 1 unspecified atom stereocenters. The van der Waals surface area contributed by atoms with Crippen molar-refractivity contribution in [2.24, 2.45) is 0 Å². The number of hydrogen-bond acceptors (Lipinski definition) is 6. The van der Waals surface area contributed by atoms with E-state index >= 15 is 0 Å². The first-order chi connectivity index (χ1) is 9.11. The number of esters is 1. The molecule has 2 rings (SSSR count). The first kappa shape index (κ1) is 14.0. The molecule has 2 aromatic rings. The van der Waals surface area contributed by atoms with Crippen LogP contribution in [0, 0.1) is 0 Å². The number of thiazole rings is 1. The van der Waals surface area contributed by atoms with Gasteiger partial charge in [-0.2, -0.15) is 0 Å². The minimum absolute atomic E-state index is 0.220. The minimum Gasteiger partial charge on any atom is -0.465 e. The Morgan fingerprint density at radius 2 is 2.16 bits per heavy atom. The zero-order valence-corrected chi connectivity index (χ0v) is 12.2. The van der Waals surface area contributed by atoms with Crippen LogP contribution in [-0.2, 0) is 14.3 Å². The number of thioether (sulfide) groups is 1. The maximum Gasteiger partial charge on any atom is 0.327 e. The summed E-state index contributed by atoms with van der Waals surface area (Å²) in [6, 6.07) is 7.71. The number of rotatable bonds is 5. The lowest BCUT2D eigenvalue weighted by atomic mass is 10.3. The highest BCUT2D eigenvalue weighted by molar-refractivity contribution is 8.03. The molecule has 0 fully saturated rings. The summed E-state index contributed by atoms with van der Waals surface area (Å²) in [6.45, 7) is 3.38. The van der Waals surface area contributed by atoms with Crippen LogP contribution in [0.1, 0.15) is 13.8 Å². The Labute approximate surface area is 119 Å². The summed E-state index contributed by atoms with van der Waals surface area (Å²) in [4.78, 5) is 27.7. The fourth-order valence-electron chi connectivity index (χ4n) is 1.52. The normalized spacial score (nSPS) is 12.3. The van der Waals surface area contributed by atoms with Crippen LogP contribution >= 0.6 is 23.1 Å². The fraction of sp³-hybridized carbons (Fsp3) is 0.308. The molecule has 0 spiro atoms. The Balaban J connectivity index is 2.21. The summed E-state index contributed by atoms with van der Waals surface area (Å²) in [5.74, 6) is -0.720. The second kappa shape index (κ2) is 6.16. The summed E-state index contributed by atoms with van der Waals surface area (Å²) >= 11 is 2.62. The number of carbonyl (C=O) groups excluding carboxylic acids is 2. The van der Waals surface area contributed by atoms with Gasteiger partial charge in [-0.05, 0) is 26.0 Å². The van der Waals surface area contributed by atoms with Gasteiger partial charge in [0.05, 0.1) is 16.8 Å². The van der Waals surface area contributed by atoms with Crippen molar-refractivity contribution >= 4 is 45.1 Å². The van der Waals surface area contributed by atoms with Gasteiger partial charge in [-0.15, -0.1) is 11.3 Å². The number of benzene rings is 1. The van der Waals surface area contributed by atoms with Gasteiger partial charge >= 0.3 is 5.97 Å². The maximum absolute atomic E-state index is 11.7. The molecule has 0 saturated carbocycles. The Morgan fingerprint density at radius 3 is 2.79 bits per heavy atom. The van der Waals surface area contributed by atoms with Crippen LogP contribution < -0.4 is 0 Å². The number of fused-ring (bicyclic) bond motifs is 1. The molecule has 4 nitrogen and oxygen atoms in total. The van der Waals surface area contributed by atoms with E-state index in [9.17, 15) is 9.59 Å². The third-order valence-electron chi connectivity index (χ3n) is 2.36. The second-order valence-corrected chi connectivity index (χ2v) is 6.19.